The van der Waals surface area contributed by atoms with Gasteiger partial charge in [-0.3, -0.25) is 10.8 Å². The minimum atomic E-state index is 0.0337. The Balaban J connectivity index is 1.20. The highest BCUT2D eigenvalue weighted by molar-refractivity contribution is 6.10. The molecule has 0 spiro atoms. The Morgan fingerprint density at radius 2 is 1.95 bits per heavy atom. The first-order valence-corrected chi connectivity index (χ1v) is 13.6. The molecule has 1 aromatic carbocycles. The molecule has 11 heteroatoms. The Morgan fingerprint density at radius 3 is 2.71 bits per heavy atom. The molecule has 4 heterocycles. The van der Waals surface area contributed by atoms with Crippen molar-refractivity contribution in [2.75, 3.05) is 44.6 Å². The van der Waals surface area contributed by atoms with E-state index in [2.05, 4.69) is 45.3 Å². The highest BCUT2D eigenvalue weighted by Crippen LogP contribution is 2.38. The lowest BCUT2D eigenvalue weighted by Gasteiger charge is -2.36. The number of hydrogen-bond acceptors (Lipinski definition) is 7. The van der Waals surface area contributed by atoms with E-state index in [1.165, 1.54) is 5.56 Å². The normalized spacial score (nSPS) is 22.2. The molecule has 5 rings (SSSR count). The first-order chi connectivity index (χ1) is 18.4. The van der Waals surface area contributed by atoms with E-state index in [0.29, 0.717) is 17.8 Å². The number of guanidine groups is 2. The summed E-state index contributed by atoms with van der Waals surface area (Å²) in [4.78, 5) is 11.4. The van der Waals surface area contributed by atoms with Crippen LogP contribution in [0.25, 0.3) is 0 Å². The number of nitrogens with zero attached hydrogens (tertiary/aromatic N) is 4. The fraction of sp³-hybridized carbons (Fsp3) is 0.519. The van der Waals surface area contributed by atoms with E-state index in [9.17, 15) is 0 Å². The van der Waals surface area contributed by atoms with Crippen LogP contribution >= 0.6 is 0 Å². The first kappa shape index (κ1) is 25.9. The first-order valence-electron chi connectivity index (χ1n) is 13.6. The lowest BCUT2D eigenvalue weighted by molar-refractivity contribution is 0.259. The van der Waals surface area contributed by atoms with Crippen molar-refractivity contribution in [1.29, 1.82) is 10.8 Å². The van der Waals surface area contributed by atoms with E-state index in [1.807, 2.05) is 11.0 Å². The van der Waals surface area contributed by atoms with Crippen molar-refractivity contribution in [3.05, 3.63) is 48.1 Å². The topological polar surface area (TPSA) is 155 Å². The number of aliphatic imine (C=N–C) groups is 1. The predicted molar refractivity (Wildman–Crippen MR) is 151 cm³/mol. The fourth-order valence-corrected chi connectivity index (χ4v) is 5.84. The monoisotopic (exact) mass is 520 g/mol. The van der Waals surface area contributed by atoms with Crippen molar-refractivity contribution in [3.63, 3.8) is 0 Å². The van der Waals surface area contributed by atoms with E-state index >= 15 is 0 Å². The molecule has 4 aliphatic heterocycles. The number of likely N-dealkylation sites (tertiary alicyclic amines) is 2. The number of piperidine rings is 1. The van der Waals surface area contributed by atoms with Gasteiger partial charge in [-0.05, 0) is 75.2 Å². The largest absolute Gasteiger partial charge is 0.450 e. The van der Waals surface area contributed by atoms with Crippen molar-refractivity contribution in [2.45, 2.75) is 50.5 Å². The zero-order valence-corrected chi connectivity index (χ0v) is 22.0. The highest BCUT2D eigenvalue weighted by atomic mass is 16.5. The molecule has 11 nitrogen and oxygen atoms in total. The van der Waals surface area contributed by atoms with Crippen LogP contribution in [0.1, 0.15) is 50.0 Å². The molecule has 1 aromatic rings. The summed E-state index contributed by atoms with van der Waals surface area (Å²) >= 11 is 0. The Morgan fingerprint density at radius 1 is 1.13 bits per heavy atom. The maximum absolute atomic E-state index is 7.66. The maximum atomic E-state index is 7.66. The Labute approximate surface area is 224 Å². The Bertz CT molecular complexity index is 1140. The van der Waals surface area contributed by atoms with Gasteiger partial charge in [-0.15, -0.1) is 0 Å². The van der Waals surface area contributed by atoms with Gasteiger partial charge in [0.1, 0.15) is 5.82 Å². The number of nitrogens with two attached hydrogens (primary N) is 2. The van der Waals surface area contributed by atoms with Crippen LogP contribution in [0.5, 0.6) is 5.75 Å². The smallest absolute Gasteiger partial charge is 0.188 e. The summed E-state index contributed by atoms with van der Waals surface area (Å²) in [6, 6.07) is 6.70. The second kappa shape index (κ2) is 11.3. The molecule has 2 saturated heterocycles. The average molecular weight is 521 g/mol. The van der Waals surface area contributed by atoms with E-state index < -0.39 is 0 Å². The lowest BCUT2D eigenvalue weighted by atomic mass is 9.89. The Kier molecular flexibility index (Phi) is 7.73. The molecule has 0 aliphatic carbocycles. The number of anilines is 1. The molecule has 1 atom stereocenters. The number of benzene rings is 1. The second-order valence-corrected chi connectivity index (χ2v) is 10.5. The summed E-state index contributed by atoms with van der Waals surface area (Å²) in [5.74, 6) is 3.60. The maximum Gasteiger partial charge on any atom is 0.188 e. The van der Waals surface area contributed by atoms with Gasteiger partial charge in [0.2, 0.25) is 0 Å². The lowest BCUT2D eigenvalue weighted by Crippen LogP contribution is -2.41. The molecule has 0 bridgehead atoms. The third-order valence-corrected chi connectivity index (χ3v) is 7.96. The van der Waals surface area contributed by atoms with Crippen LogP contribution < -0.4 is 26.8 Å². The second-order valence-electron chi connectivity index (χ2n) is 10.5. The van der Waals surface area contributed by atoms with Crippen molar-refractivity contribution in [1.82, 2.24) is 20.0 Å². The number of amidine groups is 1. The van der Waals surface area contributed by atoms with Crippen LogP contribution in [0, 0.1) is 10.8 Å². The third kappa shape index (κ3) is 5.88. The number of rotatable bonds is 6. The van der Waals surface area contributed by atoms with Crippen LogP contribution in [-0.2, 0) is 0 Å². The number of ether oxygens (including phenoxy) is 1. The van der Waals surface area contributed by atoms with Crippen molar-refractivity contribution < 1.29 is 4.74 Å². The average Bonchev–Trinajstić information content (AvgIpc) is 3.15. The van der Waals surface area contributed by atoms with Gasteiger partial charge in [-0.25, -0.2) is 4.99 Å². The third-order valence-electron chi connectivity index (χ3n) is 7.96. The summed E-state index contributed by atoms with van der Waals surface area (Å²) in [6.45, 7) is 9.71. The Hall–Kier alpha value is -3.73. The number of fused-ring (bicyclic) bond motifs is 2. The summed E-state index contributed by atoms with van der Waals surface area (Å²) in [5.41, 5.74) is 13.2. The molecular weight excluding hydrogens is 480 g/mol. The summed E-state index contributed by atoms with van der Waals surface area (Å²) in [5, 5.41) is 21.3. The molecule has 0 aromatic heterocycles. The van der Waals surface area contributed by atoms with Crippen LogP contribution in [0.4, 0.5) is 5.69 Å². The minimum absolute atomic E-state index is 0.0337. The zero-order chi connectivity index (χ0) is 26.6. The van der Waals surface area contributed by atoms with Crippen LogP contribution in [0.15, 0.2) is 47.6 Å². The molecule has 2 fully saturated rings. The quantitative estimate of drug-likeness (QED) is 0.190. The minimum Gasteiger partial charge on any atom is -0.450 e. The molecule has 4 aliphatic rings. The summed E-state index contributed by atoms with van der Waals surface area (Å²) in [7, 11) is 0. The molecular formula is C27H40N10O. The van der Waals surface area contributed by atoms with Gasteiger partial charge in [0.25, 0.3) is 0 Å². The highest BCUT2D eigenvalue weighted by Gasteiger charge is 2.31. The van der Waals surface area contributed by atoms with Crippen LogP contribution in [0.2, 0.25) is 0 Å². The van der Waals surface area contributed by atoms with E-state index in [1.54, 1.807) is 0 Å². The van der Waals surface area contributed by atoms with E-state index in [4.69, 9.17) is 32.0 Å². The molecule has 38 heavy (non-hydrogen) atoms. The van der Waals surface area contributed by atoms with Gasteiger partial charge in [-0.2, -0.15) is 0 Å². The van der Waals surface area contributed by atoms with Gasteiger partial charge < -0.3 is 41.5 Å². The van der Waals surface area contributed by atoms with Gasteiger partial charge in [0.15, 0.2) is 29.3 Å². The molecule has 8 N–H and O–H groups in total. The van der Waals surface area contributed by atoms with Gasteiger partial charge in [0.05, 0.1) is 11.9 Å². The number of hydrogen-bond donors (Lipinski definition) is 6. The molecule has 0 amide bonds. The van der Waals surface area contributed by atoms with Gasteiger partial charge in [-0.1, -0.05) is 12.6 Å². The zero-order valence-electron chi connectivity index (χ0n) is 22.0. The predicted octanol–water partition coefficient (Wildman–Crippen LogP) is 2.32. The fourth-order valence-electron chi connectivity index (χ4n) is 5.84. The molecule has 1 unspecified atom stereocenters. The van der Waals surface area contributed by atoms with Crippen molar-refractivity contribution >= 4 is 23.4 Å². The number of nitrogens with one attached hydrogen (secondary N) is 4. The molecule has 204 valence electrons. The van der Waals surface area contributed by atoms with E-state index in [0.717, 1.165) is 101 Å². The van der Waals surface area contributed by atoms with E-state index in [-0.39, 0.29) is 11.9 Å². The standard InChI is InChI=1S/C27H40N10O/c1-18-33-25-24(17-37(18)21-4-2-11-35(13-9-21)12-3-10-32-26(28)29)38-23-6-5-20(16-22(23)34-25)19-7-14-36(15-8-19)27(30)31/h5-6,16-17,19,21H,1-4,7-15H2,(H3,30,31)(H,33,34)(H4,28,29,32). The van der Waals surface area contributed by atoms with Gasteiger partial charge >= 0.3 is 0 Å². The van der Waals surface area contributed by atoms with Crippen molar-refractivity contribution in [3.8, 4) is 5.75 Å². The van der Waals surface area contributed by atoms with Gasteiger partial charge in [0, 0.05) is 32.2 Å². The van der Waals surface area contributed by atoms with Crippen molar-refractivity contribution in [2.24, 2.45) is 16.5 Å². The van der Waals surface area contributed by atoms with Crippen LogP contribution in [0.3, 0.4) is 0 Å². The molecule has 0 radical (unpaired) electrons. The SMILES string of the molecule is C=C1N=C2Nc3cc(C4CCN(C(=N)N)CC4)ccc3OC2=CN1C1CCCN(CCCNC(=N)N)CC1. The summed E-state index contributed by atoms with van der Waals surface area (Å²) in [6.07, 6.45) is 8.20. The summed E-state index contributed by atoms with van der Waals surface area (Å²) < 4.78 is 6.32. The molecule has 0 saturated carbocycles. The van der Waals surface area contributed by atoms with Crippen LogP contribution in [-0.4, -0.2) is 77.8 Å².